The number of amides is 2. The van der Waals surface area contributed by atoms with Gasteiger partial charge >= 0.3 is 0 Å². The third-order valence-corrected chi connectivity index (χ3v) is 7.43. The summed E-state index contributed by atoms with van der Waals surface area (Å²) >= 11 is 0. The monoisotopic (exact) mass is 440 g/mol. The summed E-state index contributed by atoms with van der Waals surface area (Å²) in [6.07, 6.45) is 0.387. The fourth-order valence-corrected chi connectivity index (χ4v) is 5.56. The lowest BCUT2D eigenvalue weighted by Crippen LogP contribution is -2.32. The maximum Gasteiger partial charge on any atom is 0.254 e. The Morgan fingerprint density at radius 2 is 1.78 bits per heavy atom. The lowest BCUT2D eigenvalue weighted by molar-refractivity contribution is -0.00623. The number of halogens is 2. The van der Waals surface area contributed by atoms with Gasteiger partial charge in [0.25, 0.3) is 11.8 Å². The van der Waals surface area contributed by atoms with Gasteiger partial charge in [0.2, 0.25) is 5.92 Å². The molecule has 2 aliphatic carbocycles. The van der Waals surface area contributed by atoms with Crippen LogP contribution < -0.4 is 15.4 Å². The van der Waals surface area contributed by atoms with Gasteiger partial charge in [-0.3, -0.25) is 9.59 Å². The van der Waals surface area contributed by atoms with Crippen molar-refractivity contribution in [3.05, 3.63) is 64.7 Å². The van der Waals surface area contributed by atoms with E-state index in [0.29, 0.717) is 23.5 Å². The van der Waals surface area contributed by atoms with Crippen LogP contribution >= 0.6 is 0 Å². The van der Waals surface area contributed by atoms with E-state index in [1.165, 1.54) is 13.1 Å². The molecule has 32 heavy (non-hydrogen) atoms. The minimum Gasteiger partial charge on any atom is -0.491 e. The summed E-state index contributed by atoms with van der Waals surface area (Å²) in [5.74, 6) is -3.13. The Morgan fingerprint density at radius 1 is 1.09 bits per heavy atom. The Morgan fingerprint density at radius 3 is 2.41 bits per heavy atom. The molecule has 2 fully saturated rings. The number of rotatable bonds is 5. The molecule has 0 radical (unpaired) electrons. The molecule has 0 saturated heterocycles. The first kappa shape index (κ1) is 20.9. The zero-order valence-corrected chi connectivity index (χ0v) is 18.1. The Labute approximate surface area is 185 Å². The second-order valence-corrected chi connectivity index (χ2v) is 9.16. The first-order valence-electron chi connectivity index (χ1n) is 11.1. The summed E-state index contributed by atoms with van der Waals surface area (Å²) in [5, 5.41) is 5.55. The van der Waals surface area contributed by atoms with Crippen LogP contribution in [-0.4, -0.2) is 37.4 Å². The first-order chi connectivity index (χ1) is 15.3. The summed E-state index contributed by atoms with van der Waals surface area (Å²) in [7, 11) is 1.53. The fourth-order valence-electron chi connectivity index (χ4n) is 5.56. The van der Waals surface area contributed by atoms with Crippen molar-refractivity contribution in [2.24, 2.45) is 11.8 Å². The van der Waals surface area contributed by atoms with Gasteiger partial charge in [-0.15, -0.1) is 0 Å². The quantitative estimate of drug-likeness (QED) is 0.741. The van der Waals surface area contributed by atoms with Crippen LogP contribution in [0.25, 0.3) is 0 Å². The van der Waals surface area contributed by atoms with Crippen LogP contribution in [0.1, 0.15) is 58.0 Å². The van der Waals surface area contributed by atoms with E-state index in [1.807, 2.05) is 30.3 Å². The highest BCUT2D eigenvalue weighted by atomic mass is 19.3. The van der Waals surface area contributed by atoms with Crippen molar-refractivity contribution in [2.75, 3.05) is 13.7 Å². The van der Waals surface area contributed by atoms with Crippen LogP contribution in [0.2, 0.25) is 0 Å². The highest BCUT2D eigenvalue weighted by Crippen LogP contribution is 2.58. The number of alkyl halides is 2. The molecule has 2 N–H and O–H groups in total. The van der Waals surface area contributed by atoms with Crippen LogP contribution in [0.15, 0.2) is 42.5 Å². The normalized spacial score (nSPS) is 28.9. The minimum absolute atomic E-state index is 0.163. The molecule has 5 rings (SSSR count). The summed E-state index contributed by atoms with van der Waals surface area (Å²) in [5.41, 5.74) is 2.04. The van der Waals surface area contributed by atoms with Crippen LogP contribution in [0.3, 0.4) is 0 Å². The molecule has 0 bridgehead atoms. The standard InChI is InChI=1S/C25H26F2N2O3/c1-3-24(15-7-5-4-6-8-15)13-32-21-16(23(31)28-2)9-14(10-19(21)24)22(30)29-20-17-11-25(26,27)12-18(17)20/h4-10,17-18,20H,3,11-13H2,1-2H3,(H,28,31)(H,29,30)/t17-,18+,20+,24?. The number of hydrogen-bond acceptors (Lipinski definition) is 3. The fraction of sp³-hybridized carbons (Fsp3) is 0.440. The molecule has 1 unspecified atom stereocenters. The van der Waals surface area contributed by atoms with E-state index < -0.39 is 11.3 Å². The molecule has 0 spiro atoms. The average Bonchev–Trinajstić information content (AvgIpc) is 3.13. The second kappa shape index (κ2) is 7.29. The average molecular weight is 440 g/mol. The van der Waals surface area contributed by atoms with Gasteiger partial charge < -0.3 is 15.4 Å². The van der Waals surface area contributed by atoms with Crippen molar-refractivity contribution in [1.29, 1.82) is 0 Å². The summed E-state index contributed by atoms with van der Waals surface area (Å²) < 4.78 is 33.1. The zero-order chi connectivity index (χ0) is 22.7. The Bertz CT molecular complexity index is 1070. The maximum atomic E-state index is 13.5. The van der Waals surface area contributed by atoms with E-state index in [0.717, 1.165) is 17.5 Å². The van der Waals surface area contributed by atoms with Crippen molar-refractivity contribution in [3.63, 3.8) is 0 Å². The van der Waals surface area contributed by atoms with Crippen molar-refractivity contribution in [2.45, 2.75) is 43.6 Å². The van der Waals surface area contributed by atoms with Gasteiger partial charge in [-0.2, -0.15) is 0 Å². The van der Waals surface area contributed by atoms with Crippen molar-refractivity contribution in [3.8, 4) is 5.75 Å². The third-order valence-electron chi connectivity index (χ3n) is 7.43. The zero-order valence-electron chi connectivity index (χ0n) is 18.1. The van der Waals surface area contributed by atoms with Gasteiger partial charge in [0.1, 0.15) is 12.4 Å². The molecule has 2 amide bonds. The SMILES string of the molecule is CCC1(c2ccccc2)COc2c(C(=O)NC)cc(C(=O)N[C@H]3[C@@H]4CC(F)(F)C[C@@H]43)cc21. The number of fused-ring (bicyclic) bond motifs is 2. The smallest absolute Gasteiger partial charge is 0.254 e. The van der Waals surface area contributed by atoms with Crippen LogP contribution in [-0.2, 0) is 5.41 Å². The molecule has 2 saturated carbocycles. The van der Waals surface area contributed by atoms with E-state index in [-0.39, 0.29) is 42.5 Å². The molecule has 5 nitrogen and oxygen atoms in total. The van der Waals surface area contributed by atoms with Crippen LogP contribution in [0.4, 0.5) is 8.78 Å². The van der Waals surface area contributed by atoms with E-state index >= 15 is 0 Å². The predicted octanol–water partition coefficient (Wildman–Crippen LogP) is 3.91. The lowest BCUT2D eigenvalue weighted by Gasteiger charge is -2.27. The van der Waals surface area contributed by atoms with Crippen LogP contribution in [0, 0.1) is 11.8 Å². The summed E-state index contributed by atoms with van der Waals surface area (Å²) in [6.45, 7) is 2.43. The highest BCUT2D eigenvalue weighted by molar-refractivity contribution is 6.02. The van der Waals surface area contributed by atoms with Gasteiger partial charge in [0.05, 0.1) is 11.0 Å². The van der Waals surface area contributed by atoms with Gasteiger partial charge in [-0.05, 0) is 36.0 Å². The highest BCUT2D eigenvalue weighted by Gasteiger charge is 2.63. The van der Waals surface area contributed by atoms with Crippen molar-refractivity contribution in [1.82, 2.24) is 10.6 Å². The number of hydrogen-bond donors (Lipinski definition) is 2. The second-order valence-electron chi connectivity index (χ2n) is 9.16. The third kappa shape index (κ3) is 3.17. The molecular weight excluding hydrogens is 414 g/mol. The maximum absolute atomic E-state index is 13.5. The van der Waals surface area contributed by atoms with Crippen molar-refractivity contribution < 1.29 is 23.1 Å². The molecule has 2 aromatic rings. The number of ether oxygens (including phenoxy) is 1. The molecule has 3 aliphatic rings. The topological polar surface area (TPSA) is 67.4 Å². The molecule has 0 aromatic heterocycles. The number of carbonyl (C=O) groups excluding carboxylic acids is 2. The molecule has 2 aromatic carbocycles. The molecule has 1 aliphatic heterocycles. The molecule has 168 valence electrons. The molecule has 4 atom stereocenters. The first-order valence-corrected chi connectivity index (χ1v) is 11.1. The minimum atomic E-state index is -2.62. The van der Waals surface area contributed by atoms with E-state index in [2.05, 4.69) is 17.6 Å². The van der Waals surface area contributed by atoms with Gasteiger partial charge in [0, 0.05) is 37.1 Å². The molecule has 7 heteroatoms. The van der Waals surface area contributed by atoms with Crippen molar-refractivity contribution >= 4 is 11.8 Å². The predicted molar refractivity (Wildman–Crippen MR) is 115 cm³/mol. The van der Waals surface area contributed by atoms with Gasteiger partial charge in [-0.25, -0.2) is 8.78 Å². The Balaban J connectivity index is 1.51. The largest absolute Gasteiger partial charge is 0.491 e. The Hall–Kier alpha value is -2.96. The number of carbonyl (C=O) groups is 2. The van der Waals surface area contributed by atoms with E-state index in [4.69, 9.17) is 4.74 Å². The van der Waals surface area contributed by atoms with Crippen LogP contribution in [0.5, 0.6) is 5.75 Å². The lowest BCUT2D eigenvalue weighted by atomic mass is 9.73. The molecule has 1 heterocycles. The van der Waals surface area contributed by atoms with E-state index in [1.54, 1.807) is 6.07 Å². The van der Waals surface area contributed by atoms with E-state index in [9.17, 15) is 18.4 Å². The summed E-state index contributed by atoms with van der Waals surface area (Å²) in [6, 6.07) is 13.0. The molecular formula is C25H26F2N2O3. The Kier molecular flexibility index (Phi) is 4.76. The number of benzene rings is 2. The van der Waals surface area contributed by atoms with Gasteiger partial charge in [0.15, 0.2) is 0 Å². The summed E-state index contributed by atoms with van der Waals surface area (Å²) in [4.78, 5) is 25.8. The number of nitrogens with one attached hydrogen (secondary N) is 2. The van der Waals surface area contributed by atoms with Gasteiger partial charge in [-0.1, -0.05) is 37.3 Å².